The molecule has 3 aromatic carbocycles. The summed E-state index contributed by atoms with van der Waals surface area (Å²) in [5.74, 6) is -0.393. The Labute approximate surface area is 197 Å². The van der Waals surface area contributed by atoms with Crippen LogP contribution in [0.25, 0.3) is 44.3 Å². The molecule has 0 amide bonds. The average molecular weight is 455 g/mol. The fourth-order valence-electron chi connectivity index (χ4n) is 5.25. The molecule has 0 spiro atoms. The predicted octanol–water partition coefficient (Wildman–Crippen LogP) is 6.66. The minimum absolute atomic E-state index is 0.354. The van der Waals surface area contributed by atoms with Gasteiger partial charge >= 0.3 is 0 Å². The van der Waals surface area contributed by atoms with E-state index in [4.69, 9.17) is 7.16 Å². The quantitative estimate of drug-likeness (QED) is 0.215. The molecule has 0 saturated heterocycles. The summed E-state index contributed by atoms with van der Waals surface area (Å²) >= 11 is 0. The Morgan fingerprint density at radius 2 is 1.70 bits per heavy atom. The smallest absolute Gasteiger partial charge is 0.216 e. The lowest BCUT2D eigenvalue weighted by atomic mass is 9.95. The van der Waals surface area contributed by atoms with E-state index in [0.717, 1.165) is 38.4 Å². The van der Waals surface area contributed by atoms with Crippen LogP contribution in [0.5, 0.6) is 0 Å². The van der Waals surface area contributed by atoms with E-state index < -0.39 is 20.3 Å². The molecule has 6 rings (SSSR count). The van der Waals surface area contributed by atoms with Gasteiger partial charge < -0.3 is 4.42 Å². The summed E-state index contributed by atoms with van der Waals surface area (Å²) in [7, 11) is 0.0275. The molecule has 0 aliphatic carbocycles. The zero-order valence-corrected chi connectivity index (χ0v) is 20.3. The van der Waals surface area contributed by atoms with Crippen molar-refractivity contribution in [1.82, 2.24) is 0 Å². The van der Waals surface area contributed by atoms with E-state index >= 15 is 4.39 Å². The Kier molecular flexibility index (Phi) is 3.93. The van der Waals surface area contributed by atoms with Crippen LogP contribution in [0.3, 0.4) is 0 Å². The SMILES string of the molecule is [2H]C1([2H])C[Si](C)(C)c2cccc(-c3c(F)ccc4c3oc3c(-c5cccc[n+]5C)c(C)ccc34)c21. The molecule has 3 heterocycles. The van der Waals surface area contributed by atoms with Crippen LogP contribution in [0.15, 0.2) is 71.3 Å². The van der Waals surface area contributed by atoms with Crippen LogP contribution in [0.2, 0.25) is 19.1 Å². The summed E-state index contributed by atoms with van der Waals surface area (Å²) in [5, 5.41) is 2.83. The van der Waals surface area contributed by atoms with Gasteiger partial charge in [0.25, 0.3) is 0 Å². The second-order valence-corrected chi connectivity index (χ2v) is 14.4. The molecule has 5 aromatic rings. The van der Waals surface area contributed by atoms with Crippen LogP contribution in [0.4, 0.5) is 4.39 Å². The Hall–Kier alpha value is -3.24. The van der Waals surface area contributed by atoms with Crippen molar-refractivity contribution in [2.24, 2.45) is 7.05 Å². The van der Waals surface area contributed by atoms with Crippen LogP contribution in [0, 0.1) is 12.7 Å². The van der Waals surface area contributed by atoms with Crippen molar-refractivity contribution in [2.45, 2.75) is 32.4 Å². The van der Waals surface area contributed by atoms with Gasteiger partial charge in [-0.3, -0.25) is 0 Å². The summed E-state index contributed by atoms with van der Waals surface area (Å²) in [6.45, 7) is 6.43. The van der Waals surface area contributed by atoms with E-state index in [0.29, 0.717) is 28.3 Å². The van der Waals surface area contributed by atoms with Crippen LogP contribution in [-0.2, 0) is 13.4 Å². The molecule has 0 atom stereocenters. The summed E-state index contributed by atoms with van der Waals surface area (Å²) in [4.78, 5) is 0. The first-order valence-electron chi connectivity index (χ1n) is 12.3. The zero-order chi connectivity index (χ0) is 24.7. The number of pyridine rings is 1. The molecule has 2 nitrogen and oxygen atoms in total. The van der Waals surface area contributed by atoms with Crippen molar-refractivity contribution < 1.29 is 16.1 Å². The minimum atomic E-state index is -1.97. The molecule has 164 valence electrons. The minimum Gasteiger partial charge on any atom is -0.454 e. The number of fused-ring (bicyclic) bond motifs is 4. The second kappa shape index (κ2) is 7.13. The molecule has 0 radical (unpaired) electrons. The van der Waals surface area contributed by atoms with E-state index in [9.17, 15) is 0 Å². The lowest BCUT2D eigenvalue weighted by Gasteiger charge is -2.17. The van der Waals surface area contributed by atoms with Gasteiger partial charge in [-0.15, -0.1) is 0 Å². The van der Waals surface area contributed by atoms with E-state index in [-0.39, 0.29) is 0 Å². The summed E-state index contributed by atoms with van der Waals surface area (Å²) in [6, 6.07) is 19.7. The maximum absolute atomic E-state index is 15.6. The summed E-state index contributed by atoms with van der Waals surface area (Å²) in [5.41, 5.74) is 5.86. The number of aromatic nitrogens is 1. The second-order valence-electron chi connectivity index (χ2n) is 9.70. The molecular formula is C29H27FNOSi+. The highest BCUT2D eigenvalue weighted by atomic mass is 28.3. The fraction of sp³-hybridized carbons (Fsp3) is 0.207. The van der Waals surface area contributed by atoms with Gasteiger partial charge in [-0.05, 0) is 54.2 Å². The first-order valence-corrected chi connectivity index (χ1v) is 14.5. The summed E-state index contributed by atoms with van der Waals surface area (Å²) in [6.07, 6.45) is 0.504. The van der Waals surface area contributed by atoms with E-state index in [1.165, 1.54) is 6.07 Å². The number of halogens is 1. The standard InChI is InChI=1S/C29H27FNOSi/c1-18-11-12-21-22-13-14-23(30)27(20-8-7-10-25-19(20)15-17-33(25,3)4)29(22)32-28(21)26(18)24-9-5-6-16-31(24)2/h5-14,16H,15,17H2,1-4H3/q+1/i15D2. The van der Waals surface area contributed by atoms with E-state index in [1.54, 1.807) is 6.07 Å². The monoisotopic (exact) mass is 454 g/mol. The van der Waals surface area contributed by atoms with Crippen molar-refractivity contribution in [3.05, 3.63) is 83.8 Å². The van der Waals surface area contributed by atoms with Gasteiger partial charge in [0.1, 0.15) is 24.0 Å². The third-order valence-corrected chi connectivity index (χ3v) is 9.98. The third-order valence-electron chi connectivity index (χ3n) is 7.05. The van der Waals surface area contributed by atoms with Gasteiger partial charge in [0, 0.05) is 25.6 Å². The average Bonchev–Trinajstić information content (AvgIpc) is 3.25. The number of hydrogen-bond acceptors (Lipinski definition) is 1. The molecule has 0 bridgehead atoms. The van der Waals surface area contributed by atoms with Gasteiger partial charge in [-0.2, -0.15) is 0 Å². The summed E-state index contributed by atoms with van der Waals surface area (Å²) < 4.78 is 41.9. The maximum Gasteiger partial charge on any atom is 0.216 e. The van der Waals surface area contributed by atoms with Crippen LogP contribution in [-0.4, -0.2) is 8.07 Å². The van der Waals surface area contributed by atoms with Crippen molar-refractivity contribution in [3.8, 4) is 22.4 Å². The highest BCUT2D eigenvalue weighted by Crippen LogP contribution is 2.43. The third kappa shape index (κ3) is 2.93. The topological polar surface area (TPSA) is 17.0 Å². The Morgan fingerprint density at radius 1 is 0.939 bits per heavy atom. The molecule has 1 aliphatic rings. The van der Waals surface area contributed by atoms with Crippen LogP contribution < -0.4 is 9.75 Å². The van der Waals surface area contributed by atoms with Gasteiger partial charge in [0.2, 0.25) is 5.69 Å². The predicted molar refractivity (Wildman–Crippen MR) is 136 cm³/mol. The largest absolute Gasteiger partial charge is 0.454 e. The lowest BCUT2D eigenvalue weighted by Crippen LogP contribution is -2.37. The van der Waals surface area contributed by atoms with Gasteiger partial charge in [0.05, 0.1) is 19.2 Å². The number of furan rings is 1. The number of benzene rings is 3. The molecule has 0 fully saturated rings. The molecule has 0 saturated carbocycles. The van der Waals surface area contributed by atoms with Gasteiger partial charge in [0.15, 0.2) is 6.20 Å². The Morgan fingerprint density at radius 3 is 2.48 bits per heavy atom. The molecule has 4 heteroatoms. The van der Waals surface area contributed by atoms with E-state index in [2.05, 4.69) is 36.7 Å². The van der Waals surface area contributed by atoms with Crippen molar-refractivity contribution in [3.63, 3.8) is 0 Å². The lowest BCUT2D eigenvalue weighted by molar-refractivity contribution is -0.660. The number of hydrogen-bond donors (Lipinski definition) is 0. The molecule has 33 heavy (non-hydrogen) atoms. The maximum atomic E-state index is 15.6. The highest BCUT2D eigenvalue weighted by molar-refractivity contribution is 6.91. The molecule has 1 aliphatic heterocycles. The Balaban J connectivity index is 1.73. The van der Waals surface area contributed by atoms with E-state index in [1.807, 2.05) is 49.6 Å². The Bertz CT molecular complexity index is 1670. The fourth-order valence-corrected chi connectivity index (χ4v) is 7.51. The highest BCUT2D eigenvalue weighted by Gasteiger charge is 2.34. The van der Waals surface area contributed by atoms with Crippen LogP contribution in [0.1, 0.15) is 13.9 Å². The van der Waals surface area contributed by atoms with Gasteiger partial charge in [-0.25, -0.2) is 8.96 Å². The first-order chi connectivity index (χ1) is 16.6. The molecule has 2 aromatic heterocycles. The van der Waals surface area contributed by atoms with Crippen molar-refractivity contribution in [2.75, 3.05) is 0 Å². The van der Waals surface area contributed by atoms with Crippen LogP contribution >= 0.6 is 0 Å². The zero-order valence-electron chi connectivity index (χ0n) is 21.3. The van der Waals surface area contributed by atoms with Crippen molar-refractivity contribution in [1.29, 1.82) is 0 Å². The number of nitrogens with zero attached hydrogens (tertiary/aromatic N) is 1. The number of rotatable bonds is 2. The molecular weight excluding hydrogens is 425 g/mol. The van der Waals surface area contributed by atoms with Crippen molar-refractivity contribution >= 4 is 35.2 Å². The normalized spacial score (nSPS) is 17.2. The molecule has 0 N–H and O–H groups in total. The molecule has 0 unspecified atom stereocenters. The van der Waals surface area contributed by atoms with Gasteiger partial charge in [-0.1, -0.05) is 48.6 Å². The number of aryl methyl sites for hydroxylation is 2. The first kappa shape index (κ1) is 18.2.